The molecular weight excluding hydrogens is 335 g/mol. The fraction of sp³-hybridized carbons (Fsp3) is 0.400. The van der Waals surface area contributed by atoms with Crippen molar-refractivity contribution in [3.8, 4) is 5.88 Å². The van der Waals surface area contributed by atoms with Crippen LogP contribution in [0.25, 0.3) is 0 Å². The van der Waals surface area contributed by atoms with Gasteiger partial charge in [0.1, 0.15) is 11.4 Å². The average molecular weight is 358 g/mol. The number of aliphatic hydroxyl groups is 1. The Morgan fingerprint density at radius 1 is 1.35 bits per heavy atom. The fourth-order valence-corrected chi connectivity index (χ4v) is 3.63. The molecule has 1 aromatic carbocycles. The Bertz CT molecular complexity index is 766. The van der Waals surface area contributed by atoms with Gasteiger partial charge in [-0.2, -0.15) is 0 Å². The number of nitrogens with zero attached hydrogens (tertiary/aromatic N) is 2. The first-order valence-electron chi connectivity index (χ1n) is 8.70. The van der Waals surface area contributed by atoms with Crippen LogP contribution in [0.4, 0.5) is 4.39 Å². The first kappa shape index (κ1) is 18.3. The minimum atomic E-state index is -0.429. The molecule has 1 fully saturated rings. The largest absolute Gasteiger partial charge is 0.480 e. The van der Waals surface area contributed by atoms with Crippen LogP contribution in [0.5, 0.6) is 5.88 Å². The van der Waals surface area contributed by atoms with Crippen molar-refractivity contribution >= 4 is 5.91 Å². The van der Waals surface area contributed by atoms with E-state index >= 15 is 0 Å². The number of carbonyl (C=O) groups is 1. The van der Waals surface area contributed by atoms with Crippen molar-refractivity contribution in [2.45, 2.75) is 19.3 Å². The summed E-state index contributed by atoms with van der Waals surface area (Å²) in [6.07, 6.45) is 3.79. The number of ether oxygens (including phenoxy) is 1. The van der Waals surface area contributed by atoms with E-state index in [1.165, 1.54) is 19.2 Å². The van der Waals surface area contributed by atoms with Gasteiger partial charge >= 0.3 is 0 Å². The van der Waals surface area contributed by atoms with Crippen molar-refractivity contribution in [1.82, 2.24) is 9.88 Å². The number of halogens is 1. The second kappa shape index (κ2) is 7.83. The molecule has 0 aliphatic carbocycles. The van der Waals surface area contributed by atoms with E-state index in [1.807, 2.05) is 0 Å². The van der Waals surface area contributed by atoms with E-state index in [9.17, 15) is 14.3 Å². The van der Waals surface area contributed by atoms with Crippen molar-refractivity contribution in [2.75, 3.05) is 26.8 Å². The number of benzene rings is 1. The molecule has 1 aliphatic heterocycles. The Kier molecular flexibility index (Phi) is 5.52. The Morgan fingerprint density at radius 3 is 2.81 bits per heavy atom. The van der Waals surface area contributed by atoms with E-state index in [4.69, 9.17) is 4.74 Å². The van der Waals surface area contributed by atoms with Gasteiger partial charge in [0.25, 0.3) is 5.91 Å². The lowest BCUT2D eigenvalue weighted by atomic mass is 9.75. The SMILES string of the molecule is COc1ncccc1C(=O)N1CCC[C@@](CO)(Cc2ccc(F)cc2)C1. The Morgan fingerprint density at radius 2 is 2.12 bits per heavy atom. The van der Waals surface area contributed by atoms with Gasteiger partial charge in [0.2, 0.25) is 5.88 Å². The minimum Gasteiger partial charge on any atom is -0.480 e. The highest BCUT2D eigenvalue weighted by atomic mass is 19.1. The number of likely N-dealkylation sites (tertiary alicyclic amines) is 1. The number of pyridine rings is 1. The number of hydrogen-bond acceptors (Lipinski definition) is 4. The maximum atomic E-state index is 13.1. The van der Waals surface area contributed by atoms with E-state index in [0.29, 0.717) is 31.0 Å². The van der Waals surface area contributed by atoms with Crippen molar-refractivity contribution < 1.29 is 19.0 Å². The van der Waals surface area contributed by atoms with Crippen LogP contribution in [0.1, 0.15) is 28.8 Å². The van der Waals surface area contributed by atoms with Crippen molar-refractivity contribution in [2.24, 2.45) is 5.41 Å². The monoisotopic (exact) mass is 358 g/mol. The minimum absolute atomic E-state index is 0.0294. The van der Waals surface area contributed by atoms with Crippen molar-refractivity contribution in [3.05, 3.63) is 59.5 Å². The third-order valence-corrected chi connectivity index (χ3v) is 4.97. The van der Waals surface area contributed by atoms with Gasteiger partial charge in [0, 0.05) is 24.7 Å². The average Bonchev–Trinajstić information content (AvgIpc) is 2.69. The Balaban J connectivity index is 1.80. The highest BCUT2D eigenvalue weighted by molar-refractivity contribution is 5.96. The molecule has 26 heavy (non-hydrogen) atoms. The molecular formula is C20H23FN2O3. The predicted octanol–water partition coefficient (Wildman–Crippen LogP) is 2.69. The number of rotatable bonds is 5. The number of aliphatic hydroxyl groups excluding tert-OH is 1. The standard InChI is InChI=1S/C20H23FN2O3/c1-26-18-17(4-2-10-22-18)19(25)23-11-3-9-20(13-23,14-24)12-15-5-7-16(21)8-6-15/h2,4-8,10,24H,3,9,11-14H2,1H3/t20-/m1/s1. The van der Waals surface area contributed by atoms with Crippen molar-refractivity contribution in [3.63, 3.8) is 0 Å². The molecule has 0 unspecified atom stereocenters. The van der Waals surface area contributed by atoms with E-state index in [2.05, 4.69) is 4.98 Å². The molecule has 2 heterocycles. The summed E-state index contributed by atoms with van der Waals surface area (Å²) in [6, 6.07) is 9.72. The normalized spacial score (nSPS) is 20.0. The summed E-state index contributed by atoms with van der Waals surface area (Å²) in [7, 11) is 1.49. The second-order valence-electron chi connectivity index (χ2n) is 6.85. The number of hydrogen-bond donors (Lipinski definition) is 1. The summed E-state index contributed by atoms with van der Waals surface area (Å²) in [5.74, 6) is -0.126. The predicted molar refractivity (Wildman–Crippen MR) is 95.5 cm³/mol. The zero-order valence-corrected chi connectivity index (χ0v) is 14.8. The lowest BCUT2D eigenvalue weighted by Gasteiger charge is -2.42. The van der Waals surface area contributed by atoms with Crippen LogP contribution >= 0.6 is 0 Å². The summed E-state index contributed by atoms with van der Waals surface area (Å²) < 4.78 is 18.3. The molecule has 1 saturated heterocycles. The van der Waals surface area contributed by atoms with Crippen LogP contribution in [0.15, 0.2) is 42.6 Å². The fourth-order valence-electron chi connectivity index (χ4n) is 3.63. The molecule has 1 aliphatic rings. The summed E-state index contributed by atoms with van der Waals surface area (Å²) in [4.78, 5) is 18.8. The third kappa shape index (κ3) is 3.85. The van der Waals surface area contributed by atoms with Gasteiger partial charge in [0.15, 0.2) is 0 Å². The molecule has 0 bridgehead atoms. The number of aromatic nitrogens is 1. The lowest BCUT2D eigenvalue weighted by molar-refractivity contribution is 0.0269. The zero-order valence-electron chi connectivity index (χ0n) is 14.8. The van der Waals surface area contributed by atoms with Gasteiger partial charge in [-0.3, -0.25) is 4.79 Å². The number of carbonyl (C=O) groups excluding carboxylic acids is 1. The molecule has 0 saturated carbocycles. The molecule has 2 aromatic rings. The van der Waals surface area contributed by atoms with Gasteiger partial charge in [-0.05, 0) is 49.1 Å². The van der Waals surface area contributed by atoms with Gasteiger partial charge < -0.3 is 14.7 Å². The van der Waals surface area contributed by atoms with Gasteiger partial charge in [-0.25, -0.2) is 9.37 Å². The van der Waals surface area contributed by atoms with E-state index in [-0.39, 0.29) is 18.3 Å². The van der Waals surface area contributed by atoms with Crippen LogP contribution in [-0.4, -0.2) is 47.7 Å². The molecule has 1 N–H and O–H groups in total. The van der Waals surface area contributed by atoms with Gasteiger partial charge in [-0.1, -0.05) is 12.1 Å². The summed E-state index contributed by atoms with van der Waals surface area (Å²) in [5.41, 5.74) is 0.945. The molecule has 1 atom stereocenters. The smallest absolute Gasteiger partial charge is 0.259 e. The zero-order chi connectivity index (χ0) is 18.6. The molecule has 1 amide bonds. The highest BCUT2D eigenvalue weighted by Crippen LogP contribution is 2.34. The van der Waals surface area contributed by atoms with Crippen molar-refractivity contribution in [1.29, 1.82) is 0 Å². The molecule has 6 heteroatoms. The number of methoxy groups -OCH3 is 1. The first-order valence-corrected chi connectivity index (χ1v) is 8.70. The summed E-state index contributed by atoms with van der Waals surface area (Å²) in [6.45, 7) is 1.04. The van der Waals surface area contributed by atoms with Crippen LogP contribution in [0, 0.1) is 11.2 Å². The van der Waals surface area contributed by atoms with Crippen LogP contribution < -0.4 is 4.74 Å². The van der Waals surface area contributed by atoms with Gasteiger partial charge in [0.05, 0.1) is 13.7 Å². The molecule has 0 radical (unpaired) electrons. The molecule has 138 valence electrons. The number of amides is 1. The van der Waals surface area contributed by atoms with E-state index in [0.717, 1.165) is 18.4 Å². The highest BCUT2D eigenvalue weighted by Gasteiger charge is 2.37. The van der Waals surface area contributed by atoms with Gasteiger partial charge in [-0.15, -0.1) is 0 Å². The molecule has 0 spiro atoms. The first-order chi connectivity index (χ1) is 12.6. The Labute approximate surface area is 152 Å². The second-order valence-corrected chi connectivity index (χ2v) is 6.85. The van der Waals surface area contributed by atoms with Crippen LogP contribution in [-0.2, 0) is 6.42 Å². The molecule has 3 rings (SSSR count). The lowest BCUT2D eigenvalue weighted by Crippen LogP contribution is -2.49. The number of piperidine rings is 1. The third-order valence-electron chi connectivity index (χ3n) is 4.97. The van der Waals surface area contributed by atoms with E-state index < -0.39 is 5.41 Å². The molecule has 1 aromatic heterocycles. The van der Waals surface area contributed by atoms with E-state index in [1.54, 1.807) is 35.4 Å². The maximum absolute atomic E-state index is 13.1. The Hall–Kier alpha value is -2.47. The summed E-state index contributed by atoms with van der Waals surface area (Å²) in [5, 5.41) is 10.1. The topological polar surface area (TPSA) is 62.7 Å². The van der Waals surface area contributed by atoms with Crippen LogP contribution in [0.3, 0.4) is 0 Å². The van der Waals surface area contributed by atoms with Crippen LogP contribution in [0.2, 0.25) is 0 Å². The quantitative estimate of drug-likeness (QED) is 0.893. The summed E-state index contributed by atoms with van der Waals surface area (Å²) >= 11 is 0. The maximum Gasteiger partial charge on any atom is 0.259 e. The molecule has 5 nitrogen and oxygen atoms in total.